The molecule has 1 N–H and O–H groups in total. The summed E-state index contributed by atoms with van der Waals surface area (Å²) in [5, 5.41) is 2.93. The third-order valence-corrected chi connectivity index (χ3v) is 4.93. The highest BCUT2D eigenvalue weighted by atomic mass is 16.5. The van der Waals surface area contributed by atoms with Crippen molar-refractivity contribution in [1.29, 1.82) is 0 Å². The van der Waals surface area contributed by atoms with Gasteiger partial charge in [-0.05, 0) is 62.4 Å². The van der Waals surface area contributed by atoms with Crippen LogP contribution in [0, 0.1) is 20.8 Å². The highest BCUT2D eigenvalue weighted by Crippen LogP contribution is 2.18. The zero-order valence-electron chi connectivity index (χ0n) is 18.8. The maximum Gasteiger partial charge on any atom is 0.261 e. The van der Waals surface area contributed by atoms with Crippen molar-refractivity contribution in [1.82, 2.24) is 10.2 Å². The second-order valence-electron chi connectivity index (χ2n) is 7.84. The first-order chi connectivity index (χ1) is 14.3. The fourth-order valence-corrected chi connectivity index (χ4v) is 3.54. The van der Waals surface area contributed by atoms with Crippen molar-refractivity contribution in [3.05, 3.63) is 64.7 Å². The van der Waals surface area contributed by atoms with Gasteiger partial charge in [0.1, 0.15) is 11.8 Å². The summed E-state index contributed by atoms with van der Waals surface area (Å²) in [4.78, 5) is 27.6. The number of rotatable bonds is 10. The predicted octanol–water partition coefficient (Wildman–Crippen LogP) is 4.32. The molecule has 0 aliphatic heterocycles. The standard InChI is InChI=1S/C25H34N2O3/c1-6-11-26-25(29)23(7-2)27(16-21-10-8-9-18(3)13-21)24(28)17-30-22-14-19(4)12-20(5)15-22/h8-10,12-15,23H,6-7,11,16-17H2,1-5H3,(H,26,29). The first-order valence-electron chi connectivity index (χ1n) is 10.7. The van der Waals surface area contributed by atoms with Crippen LogP contribution in [-0.4, -0.2) is 35.9 Å². The first-order valence-corrected chi connectivity index (χ1v) is 10.7. The minimum Gasteiger partial charge on any atom is -0.484 e. The van der Waals surface area contributed by atoms with Crippen LogP contribution in [0.2, 0.25) is 0 Å². The van der Waals surface area contributed by atoms with Crippen LogP contribution < -0.4 is 10.1 Å². The number of ether oxygens (including phenoxy) is 1. The number of carbonyl (C=O) groups is 2. The summed E-state index contributed by atoms with van der Waals surface area (Å²) in [6.07, 6.45) is 1.39. The molecule has 0 spiro atoms. The number of nitrogens with zero attached hydrogens (tertiary/aromatic N) is 1. The van der Waals surface area contributed by atoms with Gasteiger partial charge >= 0.3 is 0 Å². The average Bonchev–Trinajstić information content (AvgIpc) is 2.69. The zero-order chi connectivity index (χ0) is 22.1. The highest BCUT2D eigenvalue weighted by molar-refractivity contribution is 5.88. The van der Waals surface area contributed by atoms with E-state index in [9.17, 15) is 9.59 Å². The topological polar surface area (TPSA) is 58.6 Å². The third kappa shape index (κ3) is 6.90. The number of benzene rings is 2. The van der Waals surface area contributed by atoms with E-state index in [0.29, 0.717) is 25.3 Å². The lowest BCUT2D eigenvalue weighted by atomic mass is 10.1. The molecule has 0 saturated carbocycles. The minimum atomic E-state index is -0.535. The van der Waals surface area contributed by atoms with Crippen LogP contribution in [0.5, 0.6) is 5.75 Å². The molecule has 162 valence electrons. The highest BCUT2D eigenvalue weighted by Gasteiger charge is 2.28. The van der Waals surface area contributed by atoms with Crippen LogP contribution in [0.3, 0.4) is 0 Å². The van der Waals surface area contributed by atoms with Gasteiger partial charge in [-0.2, -0.15) is 0 Å². The molecular weight excluding hydrogens is 376 g/mol. The summed E-state index contributed by atoms with van der Waals surface area (Å²) in [5.74, 6) is 0.348. The van der Waals surface area contributed by atoms with Crippen molar-refractivity contribution < 1.29 is 14.3 Å². The number of hydrogen-bond acceptors (Lipinski definition) is 3. The quantitative estimate of drug-likeness (QED) is 0.634. The fourth-order valence-electron chi connectivity index (χ4n) is 3.54. The summed E-state index contributed by atoms with van der Waals surface area (Å²) in [6.45, 7) is 10.8. The van der Waals surface area contributed by atoms with Gasteiger partial charge in [0.15, 0.2) is 6.61 Å². The monoisotopic (exact) mass is 410 g/mol. The van der Waals surface area contributed by atoms with Crippen LogP contribution in [0.15, 0.2) is 42.5 Å². The van der Waals surface area contributed by atoms with Crippen molar-refractivity contribution in [2.24, 2.45) is 0 Å². The van der Waals surface area contributed by atoms with E-state index in [-0.39, 0.29) is 18.4 Å². The molecule has 5 heteroatoms. The van der Waals surface area contributed by atoms with Gasteiger partial charge in [0.05, 0.1) is 0 Å². The number of hydrogen-bond donors (Lipinski definition) is 1. The molecule has 0 aliphatic carbocycles. The van der Waals surface area contributed by atoms with Gasteiger partial charge in [0, 0.05) is 13.1 Å². The molecule has 0 bridgehead atoms. The van der Waals surface area contributed by atoms with Gasteiger partial charge in [-0.25, -0.2) is 0 Å². The second-order valence-corrected chi connectivity index (χ2v) is 7.84. The van der Waals surface area contributed by atoms with Crippen molar-refractivity contribution in [2.75, 3.05) is 13.2 Å². The molecule has 2 aromatic rings. The SMILES string of the molecule is CCCNC(=O)C(CC)N(Cc1cccc(C)c1)C(=O)COc1cc(C)cc(C)c1. The van der Waals surface area contributed by atoms with Gasteiger partial charge in [0.25, 0.3) is 5.91 Å². The number of amides is 2. The summed E-state index contributed by atoms with van der Waals surface area (Å²) in [7, 11) is 0. The zero-order valence-corrected chi connectivity index (χ0v) is 18.8. The summed E-state index contributed by atoms with van der Waals surface area (Å²) in [5.41, 5.74) is 4.28. The molecular formula is C25H34N2O3. The molecule has 0 saturated heterocycles. The van der Waals surface area contributed by atoms with Crippen molar-refractivity contribution in [3.63, 3.8) is 0 Å². The molecule has 0 fully saturated rings. The van der Waals surface area contributed by atoms with Crippen LogP contribution in [0.1, 0.15) is 48.9 Å². The molecule has 2 amide bonds. The Bertz CT molecular complexity index is 843. The molecule has 5 nitrogen and oxygen atoms in total. The minimum absolute atomic E-state index is 0.105. The van der Waals surface area contributed by atoms with Gasteiger partial charge in [-0.1, -0.05) is 49.7 Å². The summed E-state index contributed by atoms with van der Waals surface area (Å²) < 4.78 is 5.80. The van der Waals surface area contributed by atoms with Crippen LogP contribution in [0.4, 0.5) is 0 Å². The Labute approximate surface area is 180 Å². The normalized spacial score (nSPS) is 11.6. The number of carbonyl (C=O) groups excluding carboxylic acids is 2. The van der Waals surface area contributed by atoms with Gasteiger partial charge < -0.3 is 15.0 Å². The number of nitrogens with one attached hydrogen (secondary N) is 1. The Balaban J connectivity index is 2.21. The van der Waals surface area contributed by atoms with Crippen molar-refractivity contribution >= 4 is 11.8 Å². The molecule has 1 unspecified atom stereocenters. The van der Waals surface area contributed by atoms with E-state index in [1.165, 1.54) is 0 Å². The molecule has 0 radical (unpaired) electrons. The lowest BCUT2D eigenvalue weighted by molar-refractivity contribution is -0.143. The second kappa shape index (κ2) is 11.4. The summed E-state index contributed by atoms with van der Waals surface area (Å²) >= 11 is 0. The molecule has 30 heavy (non-hydrogen) atoms. The lowest BCUT2D eigenvalue weighted by Gasteiger charge is -2.30. The Morgan fingerprint density at radius 2 is 1.70 bits per heavy atom. The molecule has 2 rings (SSSR count). The fraction of sp³-hybridized carbons (Fsp3) is 0.440. The van der Waals surface area contributed by atoms with E-state index >= 15 is 0 Å². The lowest BCUT2D eigenvalue weighted by Crippen LogP contribution is -2.50. The van der Waals surface area contributed by atoms with Crippen molar-refractivity contribution in [2.45, 2.75) is 60.0 Å². The first kappa shape index (κ1) is 23.5. The van der Waals surface area contributed by atoms with E-state index in [4.69, 9.17) is 4.74 Å². The van der Waals surface area contributed by atoms with E-state index < -0.39 is 6.04 Å². The molecule has 1 atom stereocenters. The van der Waals surface area contributed by atoms with E-state index in [1.54, 1.807) is 4.90 Å². The maximum atomic E-state index is 13.2. The molecule has 0 aromatic heterocycles. The summed E-state index contributed by atoms with van der Waals surface area (Å²) in [6, 6.07) is 13.4. The maximum absolute atomic E-state index is 13.2. The van der Waals surface area contributed by atoms with Crippen LogP contribution >= 0.6 is 0 Å². The van der Waals surface area contributed by atoms with Gasteiger partial charge in [0.2, 0.25) is 5.91 Å². The molecule has 0 heterocycles. The predicted molar refractivity (Wildman–Crippen MR) is 121 cm³/mol. The van der Waals surface area contributed by atoms with Crippen LogP contribution in [-0.2, 0) is 16.1 Å². The Morgan fingerprint density at radius 1 is 1.00 bits per heavy atom. The third-order valence-electron chi connectivity index (χ3n) is 4.93. The Hall–Kier alpha value is -2.82. The van der Waals surface area contributed by atoms with Gasteiger partial charge in [-0.3, -0.25) is 9.59 Å². The number of aryl methyl sites for hydroxylation is 3. The van der Waals surface area contributed by atoms with E-state index in [1.807, 2.05) is 71.0 Å². The Morgan fingerprint density at radius 3 is 2.30 bits per heavy atom. The van der Waals surface area contributed by atoms with E-state index in [2.05, 4.69) is 11.4 Å². The molecule has 0 aliphatic rings. The average molecular weight is 411 g/mol. The Kier molecular flexibility index (Phi) is 8.90. The van der Waals surface area contributed by atoms with Crippen molar-refractivity contribution in [3.8, 4) is 5.75 Å². The smallest absolute Gasteiger partial charge is 0.261 e. The van der Waals surface area contributed by atoms with E-state index in [0.717, 1.165) is 28.7 Å². The molecule has 2 aromatic carbocycles. The van der Waals surface area contributed by atoms with Gasteiger partial charge in [-0.15, -0.1) is 0 Å². The van der Waals surface area contributed by atoms with Crippen LogP contribution in [0.25, 0.3) is 0 Å². The largest absolute Gasteiger partial charge is 0.484 e.